The number of carbonyl (C=O) groups excluding carboxylic acids is 2. The van der Waals surface area contributed by atoms with E-state index in [-0.39, 0.29) is 18.3 Å². The summed E-state index contributed by atoms with van der Waals surface area (Å²) < 4.78 is 10.6. The zero-order chi connectivity index (χ0) is 21.5. The number of aromatic nitrogens is 1. The van der Waals surface area contributed by atoms with E-state index in [1.807, 2.05) is 61.5 Å². The standard InChI is InChI=1S/C24H26N2O4/c1-16-9-11-18(12-10-16)20-15-25-22(30-20)14-13-21(27)26-23(17(2)24(28)29-3)19-7-5-4-6-8-19/h4-12,15,17,23H,13-14H2,1-3H3,(H,26,27). The van der Waals surface area contributed by atoms with Crippen molar-refractivity contribution in [2.24, 2.45) is 5.92 Å². The molecular weight excluding hydrogens is 380 g/mol. The molecule has 0 radical (unpaired) electrons. The zero-order valence-corrected chi connectivity index (χ0v) is 17.4. The predicted molar refractivity (Wildman–Crippen MR) is 114 cm³/mol. The minimum atomic E-state index is -0.517. The van der Waals surface area contributed by atoms with Gasteiger partial charge in [0.2, 0.25) is 5.91 Å². The molecule has 1 N–H and O–H groups in total. The molecule has 30 heavy (non-hydrogen) atoms. The van der Waals surface area contributed by atoms with Gasteiger partial charge >= 0.3 is 5.97 Å². The SMILES string of the molecule is COC(=O)C(C)C(NC(=O)CCc1ncc(-c2ccc(C)cc2)o1)c1ccccc1. The van der Waals surface area contributed by atoms with Crippen LogP contribution < -0.4 is 5.32 Å². The normalized spacial score (nSPS) is 12.8. The average Bonchev–Trinajstić information content (AvgIpc) is 3.25. The molecule has 0 aliphatic rings. The van der Waals surface area contributed by atoms with Crippen LogP contribution in [0.4, 0.5) is 0 Å². The van der Waals surface area contributed by atoms with Crippen molar-refractivity contribution in [2.45, 2.75) is 32.7 Å². The highest BCUT2D eigenvalue weighted by Gasteiger charge is 2.27. The fourth-order valence-corrected chi connectivity index (χ4v) is 3.22. The van der Waals surface area contributed by atoms with E-state index in [4.69, 9.17) is 9.15 Å². The molecule has 3 aromatic rings. The lowest BCUT2D eigenvalue weighted by Crippen LogP contribution is -2.36. The first kappa shape index (κ1) is 21.3. The highest BCUT2D eigenvalue weighted by molar-refractivity contribution is 5.79. The van der Waals surface area contributed by atoms with E-state index in [9.17, 15) is 9.59 Å². The van der Waals surface area contributed by atoms with Crippen molar-refractivity contribution in [2.75, 3.05) is 7.11 Å². The first-order valence-electron chi connectivity index (χ1n) is 9.92. The minimum Gasteiger partial charge on any atom is -0.469 e. The third-order valence-corrected chi connectivity index (χ3v) is 5.00. The second-order valence-corrected chi connectivity index (χ2v) is 7.25. The molecular formula is C24H26N2O4. The van der Waals surface area contributed by atoms with Gasteiger partial charge in [-0.1, -0.05) is 60.2 Å². The molecule has 156 valence electrons. The number of carbonyl (C=O) groups is 2. The Morgan fingerprint density at radius 2 is 1.80 bits per heavy atom. The van der Waals surface area contributed by atoms with Crippen molar-refractivity contribution in [1.82, 2.24) is 10.3 Å². The Morgan fingerprint density at radius 1 is 1.10 bits per heavy atom. The Balaban J connectivity index is 1.63. The number of methoxy groups -OCH3 is 1. The lowest BCUT2D eigenvalue weighted by atomic mass is 9.94. The van der Waals surface area contributed by atoms with Crippen LogP contribution in [0.15, 0.2) is 65.2 Å². The Labute approximate surface area is 176 Å². The van der Waals surface area contributed by atoms with Gasteiger partial charge in [-0.15, -0.1) is 0 Å². The number of nitrogens with zero attached hydrogens (tertiary/aromatic N) is 1. The van der Waals surface area contributed by atoms with Crippen LogP contribution in [0, 0.1) is 12.8 Å². The highest BCUT2D eigenvalue weighted by Crippen LogP contribution is 2.24. The summed E-state index contributed by atoms with van der Waals surface area (Å²) in [6, 6.07) is 16.9. The van der Waals surface area contributed by atoms with Gasteiger partial charge in [0.15, 0.2) is 11.7 Å². The summed E-state index contributed by atoms with van der Waals surface area (Å²) >= 11 is 0. The molecule has 2 aromatic carbocycles. The molecule has 6 heteroatoms. The summed E-state index contributed by atoms with van der Waals surface area (Å²) in [6.45, 7) is 3.77. The Hall–Kier alpha value is -3.41. The fraction of sp³-hybridized carbons (Fsp3) is 0.292. The molecule has 2 unspecified atom stereocenters. The quantitative estimate of drug-likeness (QED) is 0.566. The van der Waals surface area contributed by atoms with Crippen molar-refractivity contribution in [3.05, 3.63) is 77.8 Å². The molecule has 0 saturated heterocycles. The minimum absolute atomic E-state index is 0.185. The summed E-state index contributed by atoms with van der Waals surface area (Å²) in [5.74, 6) is 0.0930. The van der Waals surface area contributed by atoms with Crippen LogP contribution in [0.3, 0.4) is 0 Å². The number of esters is 1. The maximum absolute atomic E-state index is 12.6. The number of nitrogens with one attached hydrogen (secondary N) is 1. The van der Waals surface area contributed by atoms with Gasteiger partial charge in [-0.3, -0.25) is 9.59 Å². The molecule has 0 spiro atoms. The lowest BCUT2D eigenvalue weighted by molar-refractivity contribution is -0.146. The smallest absolute Gasteiger partial charge is 0.310 e. The van der Waals surface area contributed by atoms with Crippen molar-refractivity contribution in [1.29, 1.82) is 0 Å². The van der Waals surface area contributed by atoms with Crippen LogP contribution in [-0.2, 0) is 20.7 Å². The molecule has 0 fully saturated rings. The molecule has 1 aromatic heterocycles. The first-order valence-corrected chi connectivity index (χ1v) is 9.92. The number of hydrogen-bond acceptors (Lipinski definition) is 5. The van der Waals surface area contributed by atoms with Crippen LogP contribution in [0.5, 0.6) is 0 Å². The maximum Gasteiger partial charge on any atom is 0.310 e. The van der Waals surface area contributed by atoms with E-state index in [1.165, 1.54) is 12.7 Å². The van der Waals surface area contributed by atoms with Crippen molar-refractivity contribution in [3.63, 3.8) is 0 Å². The number of ether oxygens (including phenoxy) is 1. The van der Waals surface area contributed by atoms with E-state index in [2.05, 4.69) is 10.3 Å². The van der Waals surface area contributed by atoms with E-state index < -0.39 is 12.0 Å². The molecule has 1 amide bonds. The molecule has 0 bridgehead atoms. The van der Waals surface area contributed by atoms with E-state index in [0.29, 0.717) is 18.1 Å². The molecule has 6 nitrogen and oxygen atoms in total. The molecule has 0 saturated carbocycles. The van der Waals surface area contributed by atoms with Gasteiger partial charge < -0.3 is 14.5 Å². The topological polar surface area (TPSA) is 81.4 Å². The van der Waals surface area contributed by atoms with Gasteiger partial charge in [0, 0.05) is 18.4 Å². The molecule has 2 atom stereocenters. The monoisotopic (exact) mass is 406 g/mol. The number of benzene rings is 2. The van der Waals surface area contributed by atoms with Gasteiger partial charge in [0.05, 0.1) is 25.3 Å². The molecule has 1 heterocycles. The van der Waals surface area contributed by atoms with Crippen LogP contribution in [0.25, 0.3) is 11.3 Å². The number of amides is 1. The largest absolute Gasteiger partial charge is 0.469 e. The van der Waals surface area contributed by atoms with E-state index in [0.717, 1.165) is 11.1 Å². The third-order valence-electron chi connectivity index (χ3n) is 5.00. The van der Waals surface area contributed by atoms with Gasteiger partial charge in [-0.2, -0.15) is 0 Å². The van der Waals surface area contributed by atoms with Crippen molar-refractivity contribution < 1.29 is 18.7 Å². The summed E-state index contributed by atoms with van der Waals surface area (Å²) in [4.78, 5) is 28.9. The Morgan fingerprint density at radius 3 is 2.47 bits per heavy atom. The van der Waals surface area contributed by atoms with Crippen LogP contribution in [-0.4, -0.2) is 24.0 Å². The zero-order valence-electron chi connectivity index (χ0n) is 17.4. The van der Waals surface area contributed by atoms with Crippen molar-refractivity contribution in [3.8, 4) is 11.3 Å². The fourth-order valence-electron chi connectivity index (χ4n) is 3.22. The highest BCUT2D eigenvalue weighted by atomic mass is 16.5. The number of oxazole rings is 1. The predicted octanol–water partition coefficient (Wildman–Crippen LogP) is 4.25. The number of aryl methyl sites for hydroxylation is 2. The van der Waals surface area contributed by atoms with E-state index in [1.54, 1.807) is 13.1 Å². The summed E-state index contributed by atoms with van der Waals surface area (Å²) in [7, 11) is 1.34. The molecule has 0 aliphatic carbocycles. The van der Waals surface area contributed by atoms with E-state index >= 15 is 0 Å². The second kappa shape index (κ2) is 9.87. The van der Waals surface area contributed by atoms with Gasteiger partial charge in [0.25, 0.3) is 0 Å². The van der Waals surface area contributed by atoms with Crippen molar-refractivity contribution >= 4 is 11.9 Å². The van der Waals surface area contributed by atoms with Crippen LogP contribution in [0.1, 0.15) is 36.4 Å². The maximum atomic E-state index is 12.6. The third kappa shape index (κ3) is 5.35. The van der Waals surface area contributed by atoms with Gasteiger partial charge in [0.1, 0.15) is 0 Å². The Bertz CT molecular complexity index is 980. The number of rotatable bonds is 8. The lowest BCUT2D eigenvalue weighted by Gasteiger charge is -2.24. The summed E-state index contributed by atoms with van der Waals surface area (Å²) in [6.07, 6.45) is 2.24. The molecule has 0 aliphatic heterocycles. The second-order valence-electron chi connectivity index (χ2n) is 7.25. The van der Waals surface area contributed by atoms with Crippen LogP contribution >= 0.6 is 0 Å². The van der Waals surface area contributed by atoms with Gasteiger partial charge in [-0.25, -0.2) is 4.98 Å². The molecule has 3 rings (SSSR count). The summed E-state index contributed by atoms with van der Waals surface area (Å²) in [5.41, 5.74) is 2.96. The Kier molecular flexibility index (Phi) is 7.01. The van der Waals surface area contributed by atoms with Crippen LogP contribution in [0.2, 0.25) is 0 Å². The number of hydrogen-bond donors (Lipinski definition) is 1. The summed E-state index contributed by atoms with van der Waals surface area (Å²) in [5, 5.41) is 2.95. The van der Waals surface area contributed by atoms with Gasteiger partial charge in [-0.05, 0) is 19.4 Å². The first-order chi connectivity index (χ1) is 14.5. The average molecular weight is 406 g/mol.